The molecule has 0 saturated carbocycles. The Bertz CT molecular complexity index is 152. The van der Waals surface area contributed by atoms with E-state index < -0.39 is 0 Å². The molecule has 0 aliphatic heterocycles. The molecular formula is C9H12O. The van der Waals surface area contributed by atoms with Gasteiger partial charge in [-0.25, -0.2) is 0 Å². The Kier molecular flexibility index (Phi) is 6.80. The summed E-state index contributed by atoms with van der Waals surface area (Å²) in [5.74, 6) is 0. The summed E-state index contributed by atoms with van der Waals surface area (Å²) in [6.45, 7) is 3.53. The molecule has 0 aliphatic rings. The maximum absolute atomic E-state index is 4.67. The van der Waals surface area contributed by atoms with Crippen LogP contribution in [0, 0.1) is 0 Å². The molecule has 0 aromatic heterocycles. The van der Waals surface area contributed by atoms with Crippen LogP contribution in [0.1, 0.15) is 0 Å². The summed E-state index contributed by atoms with van der Waals surface area (Å²) >= 11 is 0. The maximum atomic E-state index is 4.67. The lowest BCUT2D eigenvalue weighted by atomic mass is 10.4. The second-order valence-corrected chi connectivity index (χ2v) is 1.57. The van der Waals surface area contributed by atoms with Gasteiger partial charge in [-0.15, -0.1) is 0 Å². The highest BCUT2D eigenvalue weighted by Crippen LogP contribution is 1.80. The second-order valence-electron chi connectivity index (χ2n) is 1.57. The molecule has 0 saturated heterocycles. The molecule has 0 rings (SSSR count). The number of hydrogen-bond donors (Lipinski definition) is 0. The third kappa shape index (κ3) is 6.76. The third-order valence-electron chi connectivity index (χ3n) is 0.795. The molecular weight excluding hydrogens is 124 g/mol. The fourth-order valence-electron chi connectivity index (χ4n) is 0.395. The molecule has 0 fully saturated rings. The fourth-order valence-corrected chi connectivity index (χ4v) is 0.395. The molecule has 0 aromatic carbocycles. The van der Waals surface area contributed by atoms with Crippen molar-refractivity contribution in [1.82, 2.24) is 0 Å². The quantitative estimate of drug-likeness (QED) is 0.426. The minimum absolute atomic E-state index is 1.61. The highest BCUT2D eigenvalue weighted by atomic mass is 16.5. The largest absolute Gasteiger partial charge is 0.504 e. The van der Waals surface area contributed by atoms with Crippen molar-refractivity contribution >= 4 is 0 Å². The van der Waals surface area contributed by atoms with Gasteiger partial charge in [0.05, 0.1) is 13.4 Å². The Balaban J connectivity index is 3.46. The van der Waals surface area contributed by atoms with Crippen molar-refractivity contribution in [2.75, 3.05) is 7.11 Å². The van der Waals surface area contributed by atoms with Crippen molar-refractivity contribution in [2.24, 2.45) is 0 Å². The molecule has 54 valence electrons. The Morgan fingerprint density at radius 3 is 2.20 bits per heavy atom. The zero-order chi connectivity index (χ0) is 7.66. The number of ether oxygens (including phenoxy) is 1. The monoisotopic (exact) mass is 136 g/mol. The summed E-state index contributed by atoms with van der Waals surface area (Å²) in [5, 5.41) is 0. The van der Waals surface area contributed by atoms with Gasteiger partial charge in [0.2, 0.25) is 0 Å². The van der Waals surface area contributed by atoms with E-state index in [1.165, 1.54) is 0 Å². The molecule has 0 spiro atoms. The summed E-state index contributed by atoms with van der Waals surface area (Å²) in [7, 11) is 1.62. The topological polar surface area (TPSA) is 9.23 Å². The number of hydrogen-bond acceptors (Lipinski definition) is 1. The zero-order valence-corrected chi connectivity index (χ0v) is 6.16. The van der Waals surface area contributed by atoms with Gasteiger partial charge in [0.15, 0.2) is 0 Å². The average molecular weight is 136 g/mol. The Morgan fingerprint density at radius 2 is 1.60 bits per heavy atom. The number of methoxy groups -OCH3 is 1. The van der Waals surface area contributed by atoms with Crippen LogP contribution >= 0.6 is 0 Å². The van der Waals surface area contributed by atoms with E-state index in [-0.39, 0.29) is 0 Å². The molecule has 0 aliphatic carbocycles. The van der Waals surface area contributed by atoms with Gasteiger partial charge < -0.3 is 4.74 Å². The van der Waals surface area contributed by atoms with Gasteiger partial charge in [-0.3, -0.25) is 0 Å². The molecule has 10 heavy (non-hydrogen) atoms. The van der Waals surface area contributed by atoms with Crippen molar-refractivity contribution < 1.29 is 4.74 Å². The van der Waals surface area contributed by atoms with Crippen molar-refractivity contribution in [3.05, 3.63) is 49.3 Å². The average Bonchev–Trinajstić information content (AvgIpc) is 1.97. The van der Waals surface area contributed by atoms with Crippen LogP contribution < -0.4 is 0 Å². The first-order chi connectivity index (χ1) is 4.91. The van der Waals surface area contributed by atoms with Crippen LogP contribution in [0.15, 0.2) is 49.3 Å². The van der Waals surface area contributed by atoms with Gasteiger partial charge in [-0.05, 0) is 6.08 Å². The molecule has 0 aromatic rings. The second kappa shape index (κ2) is 7.76. The molecule has 0 atom stereocenters. The Hall–Kier alpha value is -1.24. The zero-order valence-electron chi connectivity index (χ0n) is 6.16. The van der Waals surface area contributed by atoms with E-state index in [9.17, 15) is 0 Å². The van der Waals surface area contributed by atoms with Crippen LogP contribution in [0.25, 0.3) is 0 Å². The van der Waals surface area contributed by atoms with Gasteiger partial charge in [-0.1, -0.05) is 37.0 Å². The van der Waals surface area contributed by atoms with E-state index >= 15 is 0 Å². The van der Waals surface area contributed by atoms with E-state index in [2.05, 4.69) is 11.3 Å². The minimum atomic E-state index is 1.61. The normalized spacial score (nSPS) is 11.7. The standard InChI is InChI=1S/C9H12O/c1-3-4-5-6-7-8-9-10-2/h3-9H,1H2,2H3/b5-4+,7-6-,9-8+. The van der Waals surface area contributed by atoms with Crippen molar-refractivity contribution in [3.8, 4) is 0 Å². The van der Waals surface area contributed by atoms with Crippen LogP contribution in [0.5, 0.6) is 0 Å². The summed E-state index contributed by atoms with van der Waals surface area (Å²) in [6.07, 6.45) is 12.7. The predicted octanol–water partition coefficient (Wildman–Crippen LogP) is 2.44. The Morgan fingerprint density at radius 1 is 1.00 bits per heavy atom. The molecule has 1 nitrogen and oxygen atoms in total. The predicted molar refractivity (Wildman–Crippen MR) is 44.6 cm³/mol. The van der Waals surface area contributed by atoms with Crippen molar-refractivity contribution in [1.29, 1.82) is 0 Å². The van der Waals surface area contributed by atoms with Crippen LogP contribution in [0.4, 0.5) is 0 Å². The smallest absolute Gasteiger partial charge is 0.0824 e. The van der Waals surface area contributed by atoms with E-state index in [1.54, 1.807) is 19.4 Å². The molecule has 0 amide bonds. The van der Waals surface area contributed by atoms with E-state index in [0.29, 0.717) is 0 Å². The lowest BCUT2D eigenvalue weighted by molar-refractivity contribution is 0.338. The minimum Gasteiger partial charge on any atom is -0.504 e. The number of allylic oxidation sites excluding steroid dienone is 6. The van der Waals surface area contributed by atoms with Gasteiger partial charge in [0.25, 0.3) is 0 Å². The molecule has 0 N–H and O–H groups in total. The molecule has 0 heterocycles. The summed E-state index contributed by atoms with van der Waals surface area (Å²) < 4.78 is 4.67. The lowest BCUT2D eigenvalue weighted by Gasteiger charge is -1.79. The molecule has 0 radical (unpaired) electrons. The Labute approximate surface area is 62.0 Å². The van der Waals surface area contributed by atoms with Crippen LogP contribution in [0.2, 0.25) is 0 Å². The van der Waals surface area contributed by atoms with E-state index in [4.69, 9.17) is 0 Å². The van der Waals surface area contributed by atoms with Gasteiger partial charge >= 0.3 is 0 Å². The highest BCUT2D eigenvalue weighted by Gasteiger charge is 1.60. The van der Waals surface area contributed by atoms with Crippen LogP contribution in [0.3, 0.4) is 0 Å². The molecule has 0 unspecified atom stereocenters. The van der Waals surface area contributed by atoms with Gasteiger partial charge in [0.1, 0.15) is 0 Å². The van der Waals surface area contributed by atoms with Gasteiger partial charge in [-0.2, -0.15) is 0 Å². The first kappa shape index (κ1) is 8.76. The molecule has 1 heteroatoms. The van der Waals surface area contributed by atoms with Crippen molar-refractivity contribution in [2.45, 2.75) is 0 Å². The van der Waals surface area contributed by atoms with Crippen LogP contribution in [-0.4, -0.2) is 7.11 Å². The first-order valence-corrected chi connectivity index (χ1v) is 3.05. The SMILES string of the molecule is C=C/C=C/C=C\C=C\OC. The number of rotatable bonds is 4. The van der Waals surface area contributed by atoms with Crippen LogP contribution in [-0.2, 0) is 4.74 Å². The summed E-state index contributed by atoms with van der Waals surface area (Å²) in [4.78, 5) is 0. The maximum Gasteiger partial charge on any atom is 0.0824 e. The summed E-state index contributed by atoms with van der Waals surface area (Å²) in [6, 6.07) is 0. The van der Waals surface area contributed by atoms with Gasteiger partial charge in [0, 0.05) is 0 Å². The van der Waals surface area contributed by atoms with E-state index in [1.807, 2.05) is 30.4 Å². The van der Waals surface area contributed by atoms with Crippen molar-refractivity contribution in [3.63, 3.8) is 0 Å². The highest BCUT2D eigenvalue weighted by molar-refractivity contribution is 5.13. The molecule has 0 bridgehead atoms. The lowest BCUT2D eigenvalue weighted by Crippen LogP contribution is -1.60. The van der Waals surface area contributed by atoms with E-state index in [0.717, 1.165) is 0 Å². The third-order valence-corrected chi connectivity index (χ3v) is 0.795. The fraction of sp³-hybridized carbons (Fsp3) is 0.111. The first-order valence-electron chi connectivity index (χ1n) is 3.05. The summed E-state index contributed by atoms with van der Waals surface area (Å²) in [5.41, 5.74) is 0.